The summed E-state index contributed by atoms with van der Waals surface area (Å²) in [7, 11) is 0. The lowest BCUT2D eigenvalue weighted by atomic mass is 10.2. The number of aromatic nitrogens is 2. The van der Waals surface area contributed by atoms with E-state index in [4.69, 9.17) is 28.3 Å². The van der Waals surface area contributed by atoms with Crippen LogP contribution in [0.3, 0.4) is 0 Å². The molecule has 2 rings (SSSR count). The van der Waals surface area contributed by atoms with Gasteiger partial charge < -0.3 is 5.11 Å². The predicted molar refractivity (Wildman–Crippen MR) is 50.3 cm³/mol. The van der Waals surface area contributed by atoms with E-state index < -0.39 is 22.1 Å². The lowest BCUT2D eigenvalue weighted by molar-refractivity contribution is -0.138. The second-order valence-corrected chi connectivity index (χ2v) is 4.58. The fraction of sp³-hybridized carbons (Fsp3) is 0.375. The molecule has 6 heteroatoms. The highest BCUT2D eigenvalue weighted by molar-refractivity contribution is 6.53. The number of hydrogen-bond donors (Lipinski definition) is 1. The van der Waals surface area contributed by atoms with Crippen LogP contribution in [0.15, 0.2) is 18.7 Å². The molecule has 1 saturated carbocycles. The van der Waals surface area contributed by atoms with E-state index in [1.807, 2.05) is 0 Å². The molecule has 4 nitrogen and oxygen atoms in total. The molecule has 1 fully saturated rings. The maximum Gasteiger partial charge on any atom is 0.310 e. The Balaban J connectivity index is 2.28. The summed E-state index contributed by atoms with van der Waals surface area (Å²) in [6.45, 7) is 0. The van der Waals surface area contributed by atoms with Crippen LogP contribution in [0.5, 0.6) is 0 Å². The minimum absolute atomic E-state index is 0.412. The zero-order chi connectivity index (χ0) is 10.3. The molecule has 0 bridgehead atoms. The van der Waals surface area contributed by atoms with E-state index in [1.54, 1.807) is 0 Å². The van der Waals surface area contributed by atoms with Crippen LogP contribution in [0.1, 0.15) is 11.5 Å². The van der Waals surface area contributed by atoms with Crippen molar-refractivity contribution in [1.29, 1.82) is 0 Å². The Labute approximate surface area is 89.9 Å². The van der Waals surface area contributed by atoms with Gasteiger partial charge in [-0.05, 0) is 5.56 Å². The summed E-state index contributed by atoms with van der Waals surface area (Å²) in [5, 5.41) is 8.81. The number of carboxylic acids is 1. The van der Waals surface area contributed by atoms with E-state index in [-0.39, 0.29) is 0 Å². The van der Waals surface area contributed by atoms with Gasteiger partial charge in [0.1, 0.15) is 16.6 Å². The van der Waals surface area contributed by atoms with Crippen molar-refractivity contribution in [3.05, 3.63) is 24.3 Å². The van der Waals surface area contributed by atoms with Crippen molar-refractivity contribution in [2.24, 2.45) is 5.92 Å². The van der Waals surface area contributed by atoms with Gasteiger partial charge in [-0.15, -0.1) is 0 Å². The maximum absolute atomic E-state index is 10.8. The molecule has 74 valence electrons. The van der Waals surface area contributed by atoms with Gasteiger partial charge in [-0.3, -0.25) is 4.79 Å². The molecule has 1 heterocycles. The van der Waals surface area contributed by atoms with Crippen molar-refractivity contribution in [2.45, 2.75) is 10.3 Å². The second kappa shape index (κ2) is 3.07. The smallest absolute Gasteiger partial charge is 0.310 e. The first-order valence-electron chi connectivity index (χ1n) is 3.90. The fourth-order valence-corrected chi connectivity index (χ4v) is 2.34. The zero-order valence-electron chi connectivity index (χ0n) is 6.89. The molecular formula is C8H6Cl2N2O2. The van der Waals surface area contributed by atoms with Gasteiger partial charge in [0.05, 0.1) is 0 Å². The van der Waals surface area contributed by atoms with Crippen molar-refractivity contribution in [3.63, 3.8) is 0 Å². The van der Waals surface area contributed by atoms with Gasteiger partial charge in [0.15, 0.2) is 0 Å². The van der Waals surface area contributed by atoms with Crippen LogP contribution >= 0.6 is 23.2 Å². The van der Waals surface area contributed by atoms with Crippen molar-refractivity contribution in [1.82, 2.24) is 9.97 Å². The Bertz CT molecular complexity index is 369. The molecule has 1 aromatic heterocycles. The standard InChI is InChI=1S/C8H6Cl2N2O2/c9-8(10)5(6(8)7(13)14)4-1-11-3-12-2-4/h1-3,5-6H,(H,13,14)/t5-,6-/m0/s1. The Morgan fingerprint density at radius 2 is 2.00 bits per heavy atom. The van der Waals surface area contributed by atoms with E-state index in [0.717, 1.165) is 0 Å². The third kappa shape index (κ3) is 1.35. The molecule has 0 amide bonds. The second-order valence-electron chi connectivity index (χ2n) is 3.14. The minimum atomic E-state index is -1.23. The first-order valence-corrected chi connectivity index (χ1v) is 4.66. The topological polar surface area (TPSA) is 63.1 Å². The lowest BCUT2D eigenvalue weighted by Gasteiger charge is -1.96. The first-order chi connectivity index (χ1) is 6.55. The number of hydrogen-bond acceptors (Lipinski definition) is 3. The van der Waals surface area contributed by atoms with E-state index in [0.29, 0.717) is 5.56 Å². The van der Waals surface area contributed by atoms with E-state index >= 15 is 0 Å². The normalized spacial score (nSPS) is 28.4. The molecule has 14 heavy (non-hydrogen) atoms. The Morgan fingerprint density at radius 1 is 1.43 bits per heavy atom. The van der Waals surface area contributed by atoms with Gasteiger partial charge in [0.25, 0.3) is 0 Å². The monoisotopic (exact) mass is 232 g/mol. The minimum Gasteiger partial charge on any atom is -0.481 e. The summed E-state index contributed by atoms with van der Waals surface area (Å²) in [6.07, 6.45) is 4.42. The third-order valence-corrected chi connectivity index (χ3v) is 3.20. The molecule has 1 aliphatic rings. The number of halogens is 2. The van der Waals surface area contributed by atoms with Gasteiger partial charge in [-0.2, -0.15) is 0 Å². The lowest BCUT2D eigenvalue weighted by Crippen LogP contribution is -2.03. The average Bonchev–Trinajstić information content (AvgIpc) is 2.71. The van der Waals surface area contributed by atoms with Crippen molar-refractivity contribution in [2.75, 3.05) is 0 Å². The van der Waals surface area contributed by atoms with Crippen molar-refractivity contribution >= 4 is 29.2 Å². The van der Waals surface area contributed by atoms with Crippen LogP contribution in [-0.4, -0.2) is 25.4 Å². The van der Waals surface area contributed by atoms with Crippen LogP contribution in [0.2, 0.25) is 0 Å². The number of aliphatic carboxylic acids is 1. The fourth-order valence-electron chi connectivity index (χ4n) is 1.52. The van der Waals surface area contributed by atoms with Gasteiger partial charge in [-0.25, -0.2) is 9.97 Å². The third-order valence-electron chi connectivity index (χ3n) is 2.26. The van der Waals surface area contributed by atoms with Gasteiger partial charge in [0, 0.05) is 18.3 Å². The van der Waals surface area contributed by atoms with Gasteiger partial charge in [-0.1, -0.05) is 23.2 Å². The number of rotatable bonds is 2. The molecule has 1 aromatic rings. The summed E-state index contributed by atoms with van der Waals surface area (Å²) in [5.74, 6) is -2.18. The van der Waals surface area contributed by atoms with Crippen LogP contribution in [-0.2, 0) is 4.79 Å². The number of carboxylic acid groups (broad SMARTS) is 1. The van der Waals surface area contributed by atoms with Crippen LogP contribution in [0.25, 0.3) is 0 Å². The molecular weight excluding hydrogens is 227 g/mol. The maximum atomic E-state index is 10.8. The largest absolute Gasteiger partial charge is 0.481 e. The molecule has 0 unspecified atom stereocenters. The van der Waals surface area contributed by atoms with Crippen molar-refractivity contribution in [3.8, 4) is 0 Å². The molecule has 0 aliphatic heterocycles. The van der Waals surface area contributed by atoms with Crippen LogP contribution < -0.4 is 0 Å². The Morgan fingerprint density at radius 3 is 2.43 bits per heavy atom. The number of alkyl halides is 2. The summed E-state index contributed by atoms with van der Waals surface area (Å²) in [6, 6.07) is 0. The average molecular weight is 233 g/mol. The molecule has 1 aliphatic carbocycles. The van der Waals surface area contributed by atoms with E-state index in [1.165, 1.54) is 18.7 Å². The van der Waals surface area contributed by atoms with Gasteiger partial charge in [0.2, 0.25) is 0 Å². The highest BCUT2D eigenvalue weighted by Gasteiger charge is 2.68. The number of carbonyl (C=O) groups is 1. The summed E-state index contributed by atoms with van der Waals surface area (Å²) < 4.78 is -1.23. The van der Waals surface area contributed by atoms with E-state index in [2.05, 4.69) is 9.97 Å². The SMILES string of the molecule is O=C(O)[C@@H]1[C@H](c2cncnc2)C1(Cl)Cl. The summed E-state index contributed by atoms with van der Waals surface area (Å²) >= 11 is 11.7. The first kappa shape index (κ1) is 9.68. The summed E-state index contributed by atoms with van der Waals surface area (Å²) in [4.78, 5) is 18.3. The van der Waals surface area contributed by atoms with Crippen molar-refractivity contribution < 1.29 is 9.90 Å². The Kier molecular flexibility index (Phi) is 2.12. The van der Waals surface area contributed by atoms with Crippen LogP contribution in [0.4, 0.5) is 0 Å². The van der Waals surface area contributed by atoms with Gasteiger partial charge >= 0.3 is 5.97 Å². The highest BCUT2D eigenvalue weighted by Crippen LogP contribution is 2.64. The predicted octanol–water partition coefficient (Wildman–Crippen LogP) is 1.45. The molecule has 0 saturated heterocycles. The molecule has 0 spiro atoms. The quantitative estimate of drug-likeness (QED) is 0.785. The highest BCUT2D eigenvalue weighted by atomic mass is 35.5. The molecule has 1 N–H and O–H groups in total. The Hall–Kier alpha value is -0.870. The molecule has 0 radical (unpaired) electrons. The van der Waals surface area contributed by atoms with Crippen LogP contribution in [0, 0.1) is 5.92 Å². The number of nitrogens with zero attached hydrogens (tertiary/aromatic N) is 2. The van der Waals surface area contributed by atoms with E-state index in [9.17, 15) is 4.79 Å². The zero-order valence-corrected chi connectivity index (χ0v) is 8.40. The molecule has 2 atom stereocenters. The summed E-state index contributed by atoms with van der Waals surface area (Å²) in [5.41, 5.74) is 0.657. The molecule has 0 aromatic carbocycles.